The molecular formula is C12H16N4O2S. The van der Waals surface area contributed by atoms with Gasteiger partial charge in [0.1, 0.15) is 5.65 Å². The molecule has 0 radical (unpaired) electrons. The predicted octanol–water partition coefficient (Wildman–Crippen LogP) is 1.09. The van der Waals surface area contributed by atoms with Crippen LogP contribution in [-0.4, -0.2) is 34.7 Å². The molecular weight excluding hydrogens is 264 g/mol. The Morgan fingerprint density at radius 3 is 2.84 bits per heavy atom. The second-order valence-electron chi connectivity index (χ2n) is 4.67. The molecule has 6 nitrogen and oxygen atoms in total. The Hall–Kier alpha value is -1.60. The van der Waals surface area contributed by atoms with E-state index >= 15 is 0 Å². The van der Waals surface area contributed by atoms with Crippen molar-refractivity contribution in [2.75, 3.05) is 12.3 Å². The molecule has 1 fully saturated rings. The first-order valence-electron chi connectivity index (χ1n) is 6.30. The Balaban J connectivity index is 2.20. The number of hydrogen-bond acceptors (Lipinski definition) is 4. The average molecular weight is 280 g/mol. The van der Waals surface area contributed by atoms with Gasteiger partial charge < -0.3 is 5.73 Å². The molecule has 2 heterocycles. The van der Waals surface area contributed by atoms with Crippen molar-refractivity contribution < 1.29 is 8.42 Å². The lowest BCUT2D eigenvalue weighted by atomic mass is 10.5. The highest BCUT2D eigenvalue weighted by atomic mass is 32.2. The Labute approximate surface area is 111 Å². The first-order valence-corrected chi connectivity index (χ1v) is 7.74. The third-order valence-corrected chi connectivity index (χ3v) is 5.40. The minimum absolute atomic E-state index is 0.0605. The Kier molecular flexibility index (Phi) is 2.75. The second-order valence-corrected chi connectivity index (χ2v) is 6.48. The first kappa shape index (κ1) is 12.4. The molecule has 0 aliphatic heterocycles. The highest BCUT2D eigenvalue weighted by Gasteiger charge is 2.39. The standard InChI is InChI=1S/C12H16N4O2S/c1-2-16(9-6-7-9)19(17,18)12-11(13)14-10-5-3-4-8-15(10)12/h3-5,8-9H,2,6-7,13H2,1H3. The van der Waals surface area contributed by atoms with E-state index in [4.69, 9.17) is 5.73 Å². The third-order valence-electron chi connectivity index (χ3n) is 3.33. The third kappa shape index (κ3) is 1.89. The average Bonchev–Trinajstić information content (AvgIpc) is 3.10. The summed E-state index contributed by atoms with van der Waals surface area (Å²) < 4.78 is 28.5. The molecule has 1 saturated carbocycles. The molecule has 2 N–H and O–H groups in total. The summed E-state index contributed by atoms with van der Waals surface area (Å²) in [4.78, 5) is 4.11. The zero-order valence-electron chi connectivity index (χ0n) is 10.7. The van der Waals surface area contributed by atoms with Crippen LogP contribution >= 0.6 is 0 Å². The SMILES string of the molecule is CCN(C1CC1)S(=O)(=O)c1c(N)nc2ccccn12. The quantitative estimate of drug-likeness (QED) is 0.909. The number of imidazole rings is 1. The second kappa shape index (κ2) is 4.21. The number of hydrogen-bond donors (Lipinski definition) is 1. The molecule has 0 amide bonds. The van der Waals surface area contributed by atoms with Crippen LogP contribution in [0, 0.1) is 0 Å². The van der Waals surface area contributed by atoms with Crippen molar-refractivity contribution in [3.63, 3.8) is 0 Å². The fourth-order valence-corrected chi connectivity index (χ4v) is 4.22. The Morgan fingerprint density at radius 2 is 2.21 bits per heavy atom. The zero-order chi connectivity index (χ0) is 13.6. The molecule has 3 rings (SSSR count). The topological polar surface area (TPSA) is 80.7 Å². The van der Waals surface area contributed by atoms with Gasteiger partial charge in [0, 0.05) is 18.8 Å². The smallest absolute Gasteiger partial charge is 0.263 e. The molecule has 0 spiro atoms. The maximum absolute atomic E-state index is 12.7. The van der Waals surface area contributed by atoms with Gasteiger partial charge in [0.15, 0.2) is 10.8 Å². The molecule has 102 valence electrons. The van der Waals surface area contributed by atoms with Crippen LogP contribution in [0.15, 0.2) is 29.4 Å². The summed E-state index contributed by atoms with van der Waals surface area (Å²) in [5, 5.41) is 0.0804. The molecule has 19 heavy (non-hydrogen) atoms. The van der Waals surface area contributed by atoms with Crippen LogP contribution in [0.1, 0.15) is 19.8 Å². The summed E-state index contributed by atoms with van der Waals surface area (Å²) in [5.41, 5.74) is 6.36. The summed E-state index contributed by atoms with van der Waals surface area (Å²) in [5.74, 6) is 0.0605. The monoisotopic (exact) mass is 280 g/mol. The molecule has 0 atom stereocenters. The van der Waals surface area contributed by atoms with Crippen LogP contribution in [0.2, 0.25) is 0 Å². The van der Waals surface area contributed by atoms with E-state index in [-0.39, 0.29) is 16.9 Å². The number of aromatic nitrogens is 2. The van der Waals surface area contributed by atoms with Gasteiger partial charge >= 0.3 is 0 Å². The van der Waals surface area contributed by atoms with E-state index in [1.807, 2.05) is 6.92 Å². The molecule has 2 aromatic rings. The lowest BCUT2D eigenvalue weighted by Crippen LogP contribution is -2.34. The van der Waals surface area contributed by atoms with Gasteiger partial charge in [-0.15, -0.1) is 0 Å². The van der Waals surface area contributed by atoms with E-state index in [0.717, 1.165) is 12.8 Å². The number of nitrogen functional groups attached to an aromatic ring is 1. The van der Waals surface area contributed by atoms with E-state index in [1.165, 1.54) is 8.71 Å². The van der Waals surface area contributed by atoms with Crippen LogP contribution in [0.5, 0.6) is 0 Å². The maximum Gasteiger partial charge on any atom is 0.263 e. The van der Waals surface area contributed by atoms with Gasteiger partial charge in [-0.25, -0.2) is 13.4 Å². The minimum atomic E-state index is -3.59. The Bertz CT molecular complexity index is 718. The van der Waals surface area contributed by atoms with Gasteiger partial charge in [0.25, 0.3) is 10.0 Å². The number of anilines is 1. The number of nitrogens with zero attached hydrogens (tertiary/aromatic N) is 3. The van der Waals surface area contributed by atoms with Crippen LogP contribution in [0.25, 0.3) is 5.65 Å². The number of sulfonamides is 1. The van der Waals surface area contributed by atoms with E-state index in [1.54, 1.807) is 24.4 Å². The molecule has 1 aliphatic carbocycles. The highest BCUT2D eigenvalue weighted by molar-refractivity contribution is 7.89. The van der Waals surface area contributed by atoms with Gasteiger partial charge in [-0.2, -0.15) is 4.31 Å². The largest absolute Gasteiger partial charge is 0.381 e. The van der Waals surface area contributed by atoms with Crippen LogP contribution in [0.4, 0.5) is 5.82 Å². The number of pyridine rings is 1. The van der Waals surface area contributed by atoms with Gasteiger partial charge in [-0.1, -0.05) is 13.0 Å². The number of fused-ring (bicyclic) bond motifs is 1. The fourth-order valence-electron chi connectivity index (χ4n) is 2.35. The summed E-state index contributed by atoms with van der Waals surface area (Å²) in [6, 6.07) is 5.42. The molecule has 1 aliphatic rings. The molecule has 0 unspecified atom stereocenters. The minimum Gasteiger partial charge on any atom is -0.381 e. The first-order chi connectivity index (χ1) is 9.05. The van der Waals surface area contributed by atoms with E-state index in [2.05, 4.69) is 4.98 Å². The molecule has 0 aromatic carbocycles. The Morgan fingerprint density at radius 1 is 1.47 bits per heavy atom. The molecule has 2 aromatic heterocycles. The number of nitrogens with two attached hydrogens (primary N) is 1. The molecule has 7 heteroatoms. The van der Waals surface area contributed by atoms with Crippen molar-refractivity contribution in [2.45, 2.75) is 30.8 Å². The highest BCUT2D eigenvalue weighted by Crippen LogP contribution is 2.33. The summed E-state index contributed by atoms with van der Waals surface area (Å²) in [6.45, 7) is 2.29. The maximum atomic E-state index is 12.7. The van der Waals surface area contributed by atoms with Gasteiger partial charge in [-0.05, 0) is 25.0 Å². The van der Waals surface area contributed by atoms with Crippen molar-refractivity contribution in [1.82, 2.24) is 13.7 Å². The van der Waals surface area contributed by atoms with Gasteiger partial charge in [0.05, 0.1) is 0 Å². The lowest BCUT2D eigenvalue weighted by molar-refractivity contribution is 0.418. The van der Waals surface area contributed by atoms with E-state index < -0.39 is 10.0 Å². The fraction of sp³-hybridized carbons (Fsp3) is 0.417. The van der Waals surface area contributed by atoms with Gasteiger partial charge in [-0.3, -0.25) is 4.40 Å². The zero-order valence-corrected chi connectivity index (χ0v) is 11.5. The molecule has 0 bridgehead atoms. The van der Waals surface area contributed by atoms with E-state index in [0.29, 0.717) is 12.2 Å². The summed E-state index contributed by atoms with van der Waals surface area (Å²) in [7, 11) is -3.59. The van der Waals surface area contributed by atoms with Crippen molar-refractivity contribution in [2.24, 2.45) is 0 Å². The van der Waals surface area contributed by atoms with Crippen LogP contribution in [-0.2, 0) is 10.0 Å². The van der Waals surface area contributed by atoms with Crippen molar-refractivity contribution >= 4 is 21.5 Å². The summed E-state index contributed by atoms with van der Waals surface area (Å²) >= 11 is 0. The summed E-state index contributed by atoms with van der Waals surface area (Å²) in [6.07, 6.45) is 3.51. The van der Waals surface area contributed by atoms with Crippen LogP contribution < -0.4 is 5.73 Å². The normalized spacial score (nSPS) is 16.3. The lowest BCUT2D eigenvalue weighted by Gasteiger charge is -2.19. The van der Waals surface area contributed by atoms with Gasteiger partial charge in [0.2, 0.25) is 0 Å². The van der Waals surface area contributed by atoms with Crippen molar-refractivity contribution in [3.05, 3.63) is 24.4 Å². The van der Waals surface area contributed by atoms with Crippen molar-refractivity contribution in [1.29, 1.82) is 0 Å². The van der Waals surface area contributed by atoms with Crippen LogP contribution in [0.3, 0.4) is 0 Å². The molecule has 0 saturated heterocycles. The van der Waals surface area contributed by atoms with Crippen molar-refractivity contribution in [3.8, 4) is 0 Å². The van der Waals surface area contributed by atoms with E-state index in [9.17, 15) is 8.42 Å². The predicted molar refractivity (Wildman–Crippen MR) is 72.2 cm³/mol. The number of rotatable bonds is 4.